The summed E-state index contributed by atoms with van der Waals surface area (Å²) in [5.41, 5.74) is 0. The number of carboxylic acids is 1. The van der Waals surface area contributed by atoms with Gasteiger partial charge in [0.15, 0.2) is 6.10 Å². The van der Waals surface area contributed by atoms with Gasteiger partial charge in [-0.25, -0.2) is 0 Å². The highest BCUT2D eigenvalue weighted by molar-refractivity contribution is 5.70. The van der Waals surface area contributed by atoms with E-state index in [0.717, 1.165) is 25.7 Å². The van der Waals surface area contributed by atoms with E-state index in [2.05, 4.69) is 25.2 Å². The molecule has 0 spiro atoms. The minimum Gasteiger partial charge on any atom is -0.550 e. The van der Waals surface area contributed by atoms with Crippen LogP contribution < -0.4 is 5.11 Å². The number of carbonyl (C=O) groups is 2. The van der Waals surface area contributed by atoms with Crippen LogP contribution in [-0.4, -0.2) is 61.4 Å². The van der Waals surface area contributed by atoms with Crippen molar-refractivity contribution in [2.24, 2.45) is 0 Å². The molecule has 156 valence electrons. The van der Waals surface area contributed by atoms with Crippen LogP contribution in [0.5, 0.6) is 0 Å². The van der Waals surface area contributed by atoms with Gasteiger partial charge in [-0.2, -0.15) is 0 Å². The summed E-state index contributed by atoms with van der Waals surface area (Å²) in [5.74, 6) is -1.72. The average Bonchev–Trinajstić information content (AvgIpc) is 2.53. The molecule has 6 nitrogen and oxygen atoms in total. The Hall–Kier alpha value is -1.66. The lowest BCUT2D eigenvalue weighted by Crippen LogP contribution is -2.45. The monoisotopic (exact) mass is 383 g/mol. The van der Waals surface area contributed by atoms with E-state index >= 15 is 0 Å². The number of quaternary nitrogens is 1. The van der Waals surface area contributed by atoms with E-state index in [1.165, 1.54) is 0 Å². The van der Waals surface area contributed by atoms with Gasteiger partial charge >= 0.3 is 5.97 Å². The van der Waals surface area contributed by atoms with Gasteiger partial charge in [0.05, 0.1) is 27.2 Å². The van der Waals surface area contributed by atoms with Crippen LogP contribution >= 0.6 is 0 Å². The fourth-order valence-electron chi connectivity index (χ4n) is 2.58. The molecule has 2 unspecified atom stereocenters. The number of aliphatic hydroxyl groups excluding tert-OH is 1. The Balaban J connectivity index is 4.09. The van der Waals surface area contributed by atoms with Crippen LogP contribution in [0, 0.1) is 0 Å². The molecule has 0 amide bonds. The summed E-state index contributed by atoms with van der Waals surface area (Å²) in [6, 6.07) is 0. The van der Waals surface area contributed by atoms with Gasteiger partial charge in [0.25, 0.3) is 0 Å². The van der Waals surface area contributed by atoms with Crippen molar-refractivity contribution in [3.8, 4) is 0 Å². The van der Waals surface area contributed by atoms with Crippen molar-refractivity contribution < 1.29 is 29.0 Å². The van der Waals surface area contributed by atoms with E-state index in [4.69, 9.17) is 4.74 Å². The highest BCUT2D eigenvalue weighted by atomic mass is 16.5. The fourth-order valence-corrected chi connectivity index (χ4v) is 2.58. The first-order chi connectivity index (χ1) is 12.6. The van der Waals surface area contributed by atoms with Crippen LogP contribution in [-0.2, 0) is 14.3 Å². The lowest BCUT2D eigenvalue weighted by Gasteiger charge is -2.29. The number of carbonyl (C=O) groups excluding carboxylic acids is 2. The molecule has 0 rings (SSSR count). The van der Waals surface area contributed by atoms with Gasteiger partial charge in [-0.05, 0) is 32.1 Å². The Labute approximate surface area is 164 Å². The first-order valence-corrected chi connectivity index (χ1v) is 9.82. The summed E-state index contributed by atoms with van der Waals surface area (Å²) in [4.78, 5) is 22.8. The summed E-state index contributed by atoms with van der Waals surface area (Å²) in [7, 11) is 5.69. The first kappa shape index (κ1) is 25.3. The van der Waals surface area contributed by atoms with Gasteiger partial charge in [0.2, 0.25) is 0 Å². The number of likely N-dealkylation sites (N-methyl/N-ethyl adjacent to an activating group) is 1. The molecular formula is C21H37NO5. The summed E-state index contributed by atoms with van der Waals surface area (Å²) in [5, 5.41) is 20.8. The second-order valence-corrected chi connectivity index (χ2v) is 7.90. The third-order valence-electron chi connectivity index (χ3n) is 3.85. The molecule has 0 aromatic rings. The number of hydrogen-bond donors (Lipinski definition) is 1. The van der Waals surface area contributed by atoms with Crippen LogP contribution in [0.1, 0.15) is 58.3 Å². The number of unbranched alkanes of at least 4 members (excludes halogenated alkanes) is 1. The zero-order valence-corrected chi connectivity index (χ0v) is 17.4. The van der Waals surface area contributed by atoms with Crippen molar-refractivity contribution in [1.29, 1.82) is 0 Å². The fraction of sp³-hybridized carbons (Fsp3) is 0.714. The van der Waals surface area contributed by atoms with Gasteiger partial charge in [-0.1, -0.05) is 37.6 Å². The van der Waals surface area contributed by atoms with Crippen LogP contribution in [0.3, 0.4) is 0 Å². The number of esters is 1. The molecule has 1 N–H and O–H groups in total. The van der Waals surface area contributed by atoms with Gasteiger partial charge < -0.3 is 24.2 Å². The lowest BCUT2D eigenvalue weighted by atomic mass is 10.1. The van der Waals surface area contributed by atoms with Gasteiger partial charge in [0, 0.05) is 18.8 Å². The van der Waals surface area contributed by atoms with Crippen molar-refractivity contribution in [2.75, 3.05) is 27.7 Å². The Kier molecular flexibility index (Phi) is 13.5. The molecule has 0 fully saturated rings. The van der Waals surface area contributed by atoms with Gasteiger partial charge in [0.1, 0.15) is 6.54 Å². The molecule has 0 aliphatic carbocycles. The van der Waals surface area contributed by atoms with E-state index < -0.39 is 24.1 Å². The Morgan fingerprint density at radius 2 is 1.70 bits per heavy atom. The van der Waals surface area contributed by atoms with Crippen molar-refractivity contribution in [2.45, 2.75) is 70.5 Å². The number of carboxylic acid groups (broad SMARTS) is 1. The molecule has 27 heavy (non-hydrogen) atoms. The second-order valence-electron chi connectivity index (χ2n) is 7.90. The zero-order valence-electron chi connectivity index (χ0n) is 17.4. The molecule has 0 aromatic carbocycles. The molecule has 6 heteroatoms. The zero-order chi connectivity index (χ0) is 20.7. The van der Waals surface area contributed by atoms with Crippen LogP contribution in [0.15, 0.2) is 24.3 Å². The maximum absolute atomic E-state index is 12.0. The predicted molar refractivity (Wildman–Crippen MR) is 105 cm³/mol. The standard InChI is InChI=1S/C21H37NO5/c1-5-6-7-8-9-10-11-12-13-18(23)14-15-21(26)27-19(16-20(24)25)17-22(2,3)4/h7-8,10-11,18-19,23H,5-6,9,12-17H2,1-4H3/b8-7+,11-10+. The molecular weight excluding hydrogens is 346 g/mol. The van der Waals surface area contributed by atoms with Gasteiger partial charge in [-0.15, -0.1) is 0 Å². The van der Waals surface area contributed by atoms with Gasteiger partial charge in [-0.3, -0.25) is 4.79 Å². The Morgan fingerprint density at radius 3 is 2.26 bits per heavy atom. The SMILES string of the molecule is CCC/C=C/C/C=C/CCC(O)CCC(=O)OC(CC(=O)[O-])C[N+](C)(C)C. The second kappa shape index (κ2) is 14.4. The molecule has 2 atom stereocenters. The van der Waals surface area contributed by atoms with Crippen LogP contribution in [0.25, 0.3) is 0 Å². The summed E-state index contributed by atoms with van der Waals surface area (Å²) >= 11 is 0. The number of nitrogens with zero attached hydrogens (tertiary/aromatic N) is 1. The molecule has 0 heterocycles. The number of hydrogen-bond acceptors (Lipinski definition) is 5. The smallest absolute Gasteiger partial charge is 0.306 e. The van der Waals surface area contributed by atoms with Crippen molar-refractivity contribution in [3.05, 3.63) is 24.3 Å². The largest absolute Gasteiger partial charge is 0.550 e. The summed E-state index contributed by atoms with van der Waals surface area (Å²) in [6.45, 7) is 2.53. The highest BCUT2D eigenvalue weighted by Gasteiger charge is 2.22. The first-order valence-electron chi connectivity index (χ1n) is 9.82. The average molecular weight is 384 g/mol. The normalized spacial score (nSPS) is 14.6. The molecule has 0 bridgehead atoms. The highest BCUT2D eigenvalue weighted by Crippen LogP contribution is 2.10. The van der Waals surface area contributed by atoms with E-state index in [-0.39, 0.29) is 12.8 Å². The van der Waals surface area contributed by atoms with Crippen molar-refractivity contribution >= 4 is 11.9 Å². The Bertz CT molecular complexity index is 479. The van der Waals surface area contributed by atoms with E-state index in [1.54, 1.807) is 0 Å². The topological polar surface area (TPSA) is 86.7 Å². The maximum atomic E-state index is 12.0. The molecule has 0 aliphatic rings. The van der Waals surface area contributed by atoms with Crippen LogP contribution in [0.2, 0.25) is 0 Å². The van der Waals surface area contributed by atoms with Crippen LogP contribution in [0.4, 0.5) is 0 Å². The number of rotatable bonds is 15. The molecule has 0 saturated heterocycles. The molecule has 0 saturated carbocycles. The molecule has 0 aliphatic heterocycles. The number of ether oxygens (including phenoxy) is 1. The summed E-state index contributed by atoms with van der Waals surface area (Å²) < 4.78 is 5.75. The summed E-state index contributed by atoms with van der Waals surface area (Å²) in [6.07, 6.45) is 11.7. The quantitative estimate of drug-likeness (QED) is 0.265. The van der Waals surface area contributed by atoms with Crippen molar-refractivity contribution in [1.82, 2.24) is 0 Å². The third-order valence-corrected chi connectivity index (χ3v) is 3.85. The lowest BCUT2D eigenvalue weighted by molar-refractivity contribution is -0.873. The minimum absolute atomic E-state index is 0.0747. The van der Waals surface area contributed by atoms with E-state index in [0.29, 0.717) is 23.9 Å². The number of aliphatic hydroxyl groups is 1. The molecule has 0 aromatic heterocycles. The number of aliphatic carboxylic acids is 1. The minimum atomic E-state index is -1.24. The molecule has 0 radical (unpaired) electrons. The Morgan fingerprint density at radius 1 is 1.07 bits per heavy atom. The maximum Gasteiger partial charge on any atom is 0.306 e. The third kappa shape index (κ3) is 17.5. The van der Waals surface area contributed by atoms with E-state index in [9.17, 15) is 19.8 Å². The van der Waals surface area contributed by atoms with E-state index in [1.807, 2.05) is 27.2 Å². The predicted octanol–water partition coefficient (Wildman–Crippen LogP) is 1.97. The number of allylic oxidation sites excluding steroid dienone is 4. The van der Waals surface area contributed by atoms with Crippen molar-refractivity contribution in [3.63, 3.8) is 0 Å².